The van der Waals surface area contributed by atoms with Crippen LogP contribution < -0.4 is 15.3 Å². The Labute approximate surface area is 249 Å². The van der Waals surface area contributed by atoms with Crippen molar-refractivity contribution in [3.63, 3.8) is 0 Å². The number of aromatic nitrogens is 3. The molecule has 0 amide bonds. The van der Waals surface area contributed by atoms with Gasteiger partial charge in [0.1, 0.15) is 54.2 Å². The molecule has 17 heteroatoms. The maximum atomic E-state index is 14.0. The number of nitrogen functional groups attached to an aromatic ring is 1. The molecule has 13 nitrogen and oxygen atoms in total. The molecular weight excluding hydrogens is 610 g/mol. The lowest BCUT2D eigenvalue weighted by atomic mass is 9.87. The zero-order valence-electron chi connectivity index (χ0n) is 23.3. The van der Waals surface area contributed by atoms with Crippen molar-refractivity contribution >= 4 is 25.1 Å². The number of aliphatic hydroxyl groups is 2. The molecule has 3 aromatic rings. The summed E-state index contributed by atoms with van der Waals surface area (Å²) in [5.41, 5.74) is 4.77. The molecule has 1 saturated heterocycles. The number of rotatable bonds is 9. The summed E-state index contributed by atoms with van der Waals surface area (Å²) in [6.45, 7) is 1.34. The molecule has 44 heavy (non-hydrogen) atoms. The molecule has 1 aromatic carbocycles. The molecule has 2 aromatic heterocycles. The van der Waals surface area contributed by atoms with Crippen molar-refractivity contribution < 1.29 is 51.3 Å². The average molecular weight is 642 g/mol. The number of carbonyl (C=O) groups is 1. The van der Waals surface area contributed by atoms with E-state index in [4.69, 9.17) is 24.3 Å². The van der Waals surface area contributed by atoms with Gasteiger partial charge in [-0.25, -0.2) is 14.1 Å². The summed E-state index contributed by atoms with van der Waals surface area (Å²) >= 11 is 0. The van der Waals surface area contributed by atoms with Crippen LogP contribution in [0, 0.1) is 5.92 Å². The number of benzene rings is 1. The van der Waals surface area contributed by atoms with Gasteiger partial charge in [0.2, 0.25) is 0 Å². The zero-order valence-corrected chi connectivity index (χ0v) is 24.2. The number of esters is 1. The van der Waals surface area contributed by atoms with Crippen molar-refractivity contribution in [2.24, 2.45) is 5.92 Å². The highest BCUT2D eigenvalue weighted by molar-refractivity contribution is 7.52. The van der Waals surface area contributed by atoms with Gasteiger partial charge in [-0.15, -0.1) is 0 Å². The van der Waals surface area contributed by atoms with Gasteiger partial charge in [0.25, 0.3) is 0 Å². The number of ether oxygens (including phenoxy) is 2. The number of nitrogens with two attached hydrogens (primary N) is 1. The number of carbonyl (C=O) groups excluding carboxylic acids is 1. The van der Waals surface area contributed by atoms with Crippen molar-refractivity contribution in [3.05, 3.63) is 54.5 Å². The second kappa shape index (κ2) is 11.3. The first-order valence-corrected chi connectivity index (χ1v) is 15.6. The van der Waals surface area contributed by atoms with Crippen molar-refractivity contribution in [2.45, 2.75) is 80.9 Å². The number of anilines is 1. The van der Waals surface area contributed by atoms with Gasteiger partial charge >= 0.3 is 19.9 Å². The molecule has 0 bridgehead atoms. The third-order valence-electron chi connectivity index (χ3n) is 8.28. The number of nitrogens with zero attached hydrogens (tertiary/aromatic N) is 3. The van der Waals surface area contributed by atoms with E-state index in [1.807, 2.05) is 0 Å². The Kier molecular flexibility index (Phi) is 7.87. The Morgan fingerprint density at radius 2 is 1.91 bits per heavy atom. The number of aliphatic hydroxyl groups excluding tert-OH is 1. The molecule has 1 aliphatic heterocycles. The van der Waals surface area contributed by atoms with E-state index in [1.165, 1.54) is 29.9 Å². The second-order valence-corrected chi connectivity index (χ2v) is 12.9. The van der Waals surface area contributed by atoms with E-state index >= 15 is 0 Å². The van der Waals surface area contributed by atoms with Crippen molar-refractivity contribution in [1.29, 1.82) is 0 Å². The summed E-state index contributed by atoms with van der Waals surface area (Å²) in [7, 11) is -4.47. The summed E-state index contributed by atoms with van der Waals surface area (Å²) in [5.74, 6) is -1.99. The summed E-state index contributed by atoms with van der Waals surface area (Å²) in [6.07, 6.45) is -9.04. The lowest BCUT2D eigenvalue weighted by molar-refractivity contribution is -0.188. The number of hydrogen-bond acceptors (Lipinski definition) is 11. The van der Waals surface area contributed by atoms with Crippen LogP contribution in [0.4, 0.5) is 19.0 Å². The number of halogens is 3. The molecular formula is C27H31F3N5O8P. The number of para-hydroxylation sites is 1. The fourth-order valence-electron chi connectivity index (χ4n) is 5.79. The van der Waals surface area contributed by atoms with Gasteiger partial charge in [0, 0.05) is 0 Å². The van der Waals surface area contributed by atoms with Crippen LogP contribution in [0.3, 0.4) is 0 Å². The highest BCUT2D eigenvalue weighted by Crippen LogP contribution is 2.61. The Morgan fingerprint density at radius 3 is 2.55 bits per heavy atom. The number of alkyl halides is 3. The molecule has 6 rings (SSSR count). The van der Waals surface area contributed by atoms with Gasteiger partial charge in [0.05, 0.1) is 11.6 Å². The van der Waals surface area contributed by atoms with E-state index < -0.39 is 68.0 Å². The van der Waals surface area contributed by atoms with E-state index in [-0.39, 0.29) is 37.3 Å². The highest BCUT2D eigenvalue weighted by Gasteiger charge is 2.79. The van der Waals surface area contributed by atoms with Crippen molar-refractivity contribution in [3.8, 4) is 5.75 Å². The number of fused-ring (bicyclic) bond motifs is 2. The third-order valence-corrected chi connectivity index (χ3v) is 9.94. The smallest absolute Gasteiger partial charge is 0.459 e. The number of nitrogens with one attached hydrogen (secondary N) is 1. The molecule has 3 heterocycles. The van der Waals surface area contributed by atoms with E-state index in [2.05, 4.69) is 15.2 Å². The predicted octanol–water partition coefficient (Wildman–Crippen LogP) is 3.07. The van der Waals surface area contributed by atoms with E-state index in [9.17, 15) is 32.7 Å². The van der Waals surface area contributed by atoms with Crippen molar-refractivity contribution in [2.75, 3.05) is 5.73 Å². The van der Waals surface area contributed by atoms with Crippen LogP contribution in [0.15, 0.2) is 48.8 Å². The SMILES string of the molecule is C[C@H](NP(=O)(Oc1ccccc1)OC1[C@H]2O[C@@H](c3ccc4c(N)ncnn34)[C@H](O)[C@@]12O)C(=O)OC1CCC(C(F)(F)F)CC1. The van der Waals surface area contributed by atoms with Crippen LogP contribution in [-0.4, -0.2) is 73.0 Å². The van der Waals surface area contributed by atoms with E-state index in [0.29, 0.717) is 11.2 Å². The molecule has 2 aliphatic carbocycles. The van der Waals surface area contributed by atoms with Crippen LogP contribution in [0.1, 0.15) is 44.4 Å². The molecule has 238 valence electrons. The quantitative estimate of drug-likeness (QED) is 0.199. The third kappa shape index (κ3) is 5.66. The Bertz CT molecular complexity index is 1570. The van der Waals surface area contributed by atoms with Gasteiger partial charge in [-0.1, -0.05) is 18.2 Å². The van der Waals surface area contributed by atoms with Crippen LogP contribution >= 0.6 is 7.75 Å². The molecule has 0 spiro atoms. The maximum Gasteiger partial charge on any atom is 0.459 e. The summed E-state index contributed by atoms with van der Waals surface area (Å²) in [5, 5.41) is 29.0. The predicted molar refractivity (Wildman–Crippen MR) is 146 cm³/mol. The first kappa shape index (κ1) is 30.7. The average Bonchev–Trinajstić information content (AvgIpc) is 3.23. The second-order valence-electron chi connectivity index (χ2n) is 11.2. The van der Waals surface area contributed by atoms with Gasteiger partial charge in [0.15, 0.2) is 11.4 Å². The minimum atomic E-state index is -4.47. The first-order valence-electron chi connectivity index (χ1n) is 14.0. The highest BCUT2D eigenvalue weighted by atomic mass is 31.2. The summed E-state index contributed by atoms with van der Waals surface area (Å²) in [4.78, 5) is 16.8. The van der Waals surface area contributed by atoms with Crippen LogP contribution in [0.5, 0.6) is 5.75 Å². The lowest BCUT2D eigenvalue weighted by Crippen LogP contribution is -2.40. The Balaban J connectivity index is 1.14. The molecule has 3 fully saturated rings. The standard InChI is InChI=1S/C27H31F3N5O8P/c1-14(25(37)40-16-9-7-15(8-10-16)27(28,29)30)34-44(39,42-17-5-3-2-4-6-17)43-23-22-26(23,38)21(36)20(41-22)18-11-12-19-24(31)32-13-33-35(18)19/h2-6,11-16,20-23,36,38H,7-10H2,1H3,(H,34,39)(H2,31,32,33)/t14-,15?,16?,20-,21-,22+,23?,26-,44?/m0/s1. The monoisotopic (exact) mass is 641 g/mol. The molecule has 3 aliphatic rings. The van der Waals surface area contributed by atoms with Crippen LogP contribution in [0.25, 0.3) is 5.52 Å². The van der Waals surface area contributed by atoms with Gasteiger partial charge in [-0.05, 0) is 56.9 Å². The number of hydrogen-bond donors (Lipinski definition) is 4. The Morgan fingerprint density at radius 1 is 1.20 bits per heavy atom. The molecule has 0 radical (unpaired) electrons. The van der Waals surface area contributed by atoms with Crippen LogP contribution in [-0.2, 0) is 23.4 Å². The summed E-state index contributed by atoms with van der Waals surface area (Å²) in [6, 6.07) is 9.89. The van der Waals surface area contributed by atoms with E-state index in [1.54, 1.807) is 30.3 Å². The molecule has 5 N–H and O–H groups in total. The molecule has 2 saturated carbocycles. The Hall–Kier alpha value is -3.27. The molecule has 7 atom stereocenters. The minimum absolute atomic E-state index is 0.0417. The van der Waals surface area contributed by atoms with Gasteiger partial charge in [-0.2, -0.15) is 23.4 Å². The fourth-order valence-corrected chi connectivity index (χ4v) is 7.51. The normalized spacial score (nSPS) is 32.0. The topological polar surface area (TPSA) is 180 Å². The fraction of sp³-hybridized carbons (Fsp3) is 0.519. The zero-order chi connectivity index (χ0) is 31.4. The molecule has 2 unspecified atom stereocenters. The first-order chi connectivity index (χ1) is 20.8. The van der Waals surface area contributed by atoms with Gasteiger partial charge in [-0.3, -0.25) is 9.32 Å². The van der Waals surface area contributed by atoms with Crippen LogP contribution in [0.2, 0.25) is 0 Å². The van der Waals surface area contributed by atoms with Gasteiger partial charge < -0.3 is 29.9 Å². The summed E-state index contributed by atoms with van der Waals surface area (Å²) < 4.78 is 77.2. The van der Waals surface area contributed by atoms with E-state index in [0.717, 1.165) is 0 Å². The van der Waals surface area contributed by atoms with Crippen molar-refractivity contribution in [1.82, 2.24) is 19.7 Å². The largest absolute Gasteiger partial charge is 0.461 e. The minimum Gasteiger partial charge on any atom is -0.461 e. The lowest BCUT2D eigenvalue weighted by Gasteiger charge is -2.30. The maximum absolute atomic E-state index is 14.0.